The molecule has 0 amide bonds. The van der Waals surface area contributed by atoms with Crippen molar-refractivity contribution >= 4 is 22.7 Å². The van der Waals surface area contributed by atoms with Crippen LogP contribution in [0.3, 0.4) is 0 Å². The molecule has 5 heteroatoms. The third-order valence-corrected chi connectivity index (χ3v) is 3.93. The summed E-state index contributed by atoms with van der Waals surface area (Å²) in [5.74, 6) is -0.518. The first-order valence-electron chi connectivity index (χ1n) is 8.14. The monoisotopic (exact) mass is 344 g/mol. The molecule has 0 aliphatic carbocycles. The standard InChI is InChI=1S/C20H24O5/c1-13(18(21)24-12-25-19(22)20(2,3)4)14-6-7-16-11-17(23-5)9-8-15(16)10-14/h6-11,13H,12H2,1-5H3/t13-/m0/s1. The van der Waals surface area contributed by atoms with Crippen LogP contribution in [0, 0.1) is 5.41 Å². The Bertz CT molecular complexity index is 773. The zero-order chi connectivity index (χ0) is 18.6. The van der Waals surface area contributed by atoms with Gasteiger partial charge in [0.2, 0.25) is 6.79 Å². The van der Waals surface area contributed by atoms with Crippen LogP contribution in [-0.2, 0) is 19.1 Å². The summed E-state index contributed by atoms with van der Waals surface area (Å²) in [6.07, 6.45) is 0. The van der Waals surface area contributed by atoms with E-state index in [1.807, 2.05) is 36.4 Å². The van der Waals surface area contributed by atoms with Gasteiger partial charge in [-0.1, -0.05) is 24.3 Å². The Morgan fingerprint density at radius 2 is 1.64 bits per heavy atom. The lowest BCUT2D eigenvalue weighted by Gasteiger charge is -2.17. The highest BCUT2D eigenvalue weighted by Crippen LogP contribution is 2.25. The third kappa shape index (κ3) is 4.72. The van der Waals surface area contributed by atoms with E-state index in [0.717, 1.165) is 22.1 Å². The predicted octanol–water partition coefficient (Wildman–Crippen LogP) is 4.04. The van der Waals surface area contributed by atoms with Crippen molar-refractivity contribution in [3.8, 4) is 5.75 Å². The summed E-state index contributed by atoms with van der Waals surface area (Å²) in [7, 11) is 1.63. The molecule has 0 radical (unpaired) electrons. The number of rotatable bonds is 5. The van der Waals surface area contributed by atoms with Crippen molar-refractivity contribution in [3.05, 3.63) is 42.0 Å². The van der Waals surface area contributed by atoms with Gasteiger partial charge in [-0.3, -0.25) is 9.59 Å². The summed E-state index contributed by atoms with van der Waals surface area (Å²) < 4.78 is 15.2. The second kappa shape index (κ2) is 7.55. The molecule has 1 atom stereocenters. The normalized spacial score (nSPS) is 12.5. The van der Waals surface area contributed by atoms with Crippen LogP contribution in [-0.4, -0.2) is 25.8 Å². The van der Waals surface area contributed by atoms with Gasteiger partial charge < -0.3 is 14.2 Å². The van der Waals surface area contributed by atoms with Crippen LogP contribution in [0.25, 0.3) is 10.8 Å². The van der Waals surface area contributed by atoms with E-state index in [-0.39, 0.29) is 6.79 Å². The van der Waals surface area contributed by atoms with Gasteiger partial charge in [-0.15, -0.1) is 0 Å². The van der Waals surface area contributed by atoms with Crippen LogP contribution < -0.4 is 4.74 Å². The number of methoxy groups -OCH3 is 1. The molecule has 5 nitrogen and oxygen atoms in total. The van der Waals surface area contributed by atoms with Crippen LogP contribution in [0.15, 0.2) is 36.4 Å². The molecule has 0 saturated heterocycles. The minimum absolute atomic E-state index is 0.371. The van der Waals surface area contributed by atoms with E-state index in [0.29, 0.717) is 0 Å². The zero-order valence-electron chi connectivity index (χ0n) is 15.3. The van der Waals surface area contributed by atoms with Gasteiger partial charge in [-0.2, -0.15) is 0 Å². The van der Waals surface area contributed by atoms with Gasteiger partial charge in [0, 0.05) is 0 Å². The Morgan fingerprint density at radius 1 is 1.00 bits per heavy atom. The Labute approximate surface area is 147 Å². The number of fused-ring (bicyclic) bond motifs is 1. The molecule has 0 N–H and O–H groups in total. The fraction of sp³-hybridized carbons (Fsp3) is 0.400. The van der Waals surface area contributed by atoms with Gasteiger partial charge in [0.1, 0.15) is 5.75 Å². The van der Waals surface area contributed by atoms with Crippen LogP contribution in [0.5, 0.6) is 5.75 Å². The molecule has 134 valence electrons. The summed E-state index contributed by atoms with van der Waals surface area (Å²) in [5, 5.41) is 2.04. The van der Waals surface area contributed by atoms with Crippen LogP contribution in [0.4, 0.5) is 0 Å². The molecule has 0 heterocycles. The molecule has 0 aliphatic heterocycles. The first kappa shape index (κ1) is 18.8. The van der Waals surface area contributed by atoms with E-state index in [1.54, 1.807) is 34.8 Å². The second-order valence-electron chi connectivity index (χ2n) is 6.96. The van der Waals surface area contributed by atoms with Gasteiger partial charge in [0.15, 0.2) is 0 Å². The maximum absolute atomic E-state index is 12.2. The van der Waals surface area contributed by atoms with Crippen molar-refractivity contribution < 1.29 is 23.8 Å². The fourth-order valence-corrected chi connectivity index (χ4v) is 2.26. The Morgan fingerprint density at radius 3 is 2.28 bits per heavy atom. The quantitative estimate of drug-likeness (QED) is 0.605. The van der Waals surface area contributed by atoms with Crippen molar-refractivity contribution in [1.29, 1.82) is 0 Å². The van der Waals surface area contributed by atoms with Crippen LogP contribution in [0.2, 0.25) is 0 Å². The number of ether oxygens (including phenoxy) is 3. The van der Waals surface area contributed by atoms with E-state index in [9.17, 15) is 9.59 Å². The van der Waals surface area contributed by atoms with Crippen molar-refractivity contribution in [1.82, 2.24) is 0 Å². The van der Waals surface area contributed by atoms with Gasteiger partial charge in [-0.25, -0.2) is 0 Å². The maximum atomic E-state index is 12.2. The molecule has 2 aromatic carbocycles. The summed E-state index contributed by atoms with van der Waals surface area (Å²) >= 11 is 0. The number of carbonyl (C=O) groups excluding carboxylic acids is 2. The molecule has 0 fully saturated rings. The highest BCUT2D eigenvalue weighted by molar-refractivity contribution is 5.86. The lowest BCUT2D eigenvalue weighted by atomic mass is 9.97. The Hall–Kier alpha value is -2.56. The molecule has 0 unspecified atom stereocenters. The molecule has 2 aromatic rings. The average Bonchev–Trinajstić information content (AvgIpc) is 2.59. The molecule has 0 spiro atoms. The summed E-state index contributed by atoms with van der Waals surface area (Å²) in [6.45, 7) is 6.61. The highest BCUT2D eigenvalue weighted by Gasteiger charge is 2.24. The highest BCUT2D eigenvalue weighted by atomic mass is 16.7. The van der Waals surface area contributed by atoms with Gasteiger partial charge >= 0.3 is 11.9 Å². The lowest BCUT2D eigenvalue weighted by molar-refractivity contribution is -0.173. The summed E-state index contributed by atoms with van der Waals surface area (Å²) in [5.41, 5.74) is 0.210. The lowest BCUT2D eigenvalue weighted by Crippen LogP contribution is -2.25. The largest absolute Gasteiger partial charge is 0.497 e. The van der Waals surface area contributed by atoms with Gasteiger partial charge in [0.25, 0.3) is 0 Å². The molecule has 2 rings (SSSR count). The molecule has 0 aliphatic rings. The minimum Gasteiger partial charge on any atom is -0.497 e. The first-order chi connectivity index (χ1) is 11.7. The summed E-state index contributed by atoms with van der Waals surface area (Å²) in [4.78, 5) is 23.8. The zero-order valence-corrected chi connectivity index (χ0v) is 15.3. The first-order valence-corrected chi connectivity index (χ1v) is 8.14. The van der Waals surface area contributed by atoms with Crippen LogP contribution in [0.1, 0.15) is 39.2 Å². The smallest absolute Gasteiger partial charge is 0.316 e. The SMILES string of the molecule is COc1ccc2cc([C@H](C)C(=O)OCOC(=O)C(C)(C)C)ccc2c1. The van der Waals surface area contributed by atoms with Gasteiger partial charge in [-0.05, 0) is 56.2 Å². The number of hydrogen-bond acceptors (Lipinski definition) is 5. The van der Waals surface area contributed by atoms with E-state index in [2.05, 4.69) is 0 Å². The number of esters is 2. The molecule has 0 bridgehead atoms. The van der Waals surface area contributed by atoms with E-state index < -0.39 is 23.3 Å². The Balaban J connectivity index is 2.01. The molecule has 0 aromatic heterocycles. The van der Waals surface area contributed by atoms with E-state index in [4.69, 9.17) is 14.2 Å². The number of carbonyl (C=O) groups is 2. The summed E-state index contributed by atoms with van der Waals surface area (Å²) in [6, 6.07) is 11.5. The number of hydrogen-bond donors (Lipinski definition) is 0. The Kier molecular flexibility index (Phi) is 5.67. The second-order valence-corrected chi connectivity index (χ2v) is 6.96. The minimum atomic E-state index is -0.628. The van der Waals surface area contributed by atoms with Crippen LogP contribution >= 0.6 is 0 Å². The van der Waals surface area contributed by atoms with Crippen molar-refractivity contribution in [3.63, 3.8) is 0 Å². The van der Waals surface area contributed by atoms with E-state index in [1.165, 1.54) is 0 Å². The topological polar surface area (TPSA) is 61.8 Å². The van der Waals surface area contributed by atoms with E-state index >= 15 is 0 Å². The molecule has 0 saturated carbocycles. The molecular weight excluding hydrogens is 320 g/mol. The average molecular weight is 344 g/mol. The van der Waals surface area contributed by atoms with Crippen molar-refractivity contribution in [2.24, 2.45) is 5.41 Å². The van der Waals surface area contributed by atoms with Gasteiger partial charge in [0.05, 0.1) is 18.4 Å². The van der Waals surface area contributed by atoms with Crippen molar-refractivity contribution in [2.45, 2.75) is 33.6 Å². The predicted molar refractivity (Wildman–Crippen MR) is 95.4 cm³/mol. The fourth-order valence-electron chi connectivity index (χ4n) is 2.26. The number of benzene rings is 2. The maximum Gasteiger partial charge on any atom is 0.316 e. The molecular formula is C20H24O5. The molecule has 25 heavy (non-hydrogen) atoms. The third-order valence-electron chi connectivity index (χ3n) is 3.93. The van der Waals surface area contributed by atoms with Crippen molar-refractivity contribution in [2.75, 3.05) is 13.9 Å².